The van der Waals surface area contributed by atoms with E-state index >= 15 is 0 Å². The third-order valence-corrected chi connectivity index (χ3v) is 4.72. The van der Waals surface area contributed by atoms with Crippen LogP contribution in [0.3, 0.4) is 0 Å². The molecule has 1 heteroatoms. The number of aliphatic hydroxyl groups is 1. The lowest BCUT2D eigenvalue weighted by Crippen LogP contribution is -2.33. The Hall–Kier alpha value is -1.60. The molecule has 2 aromatic carbocycles. The first kappa shape index (κ1) is 15.8. The first-order valence-electron chi connectivity index (χ1n) is 7.75. The third kappa shape index (κ3) is 3.19. The first-order valence-corrected chi connectivity index (χ1v) is 7.75. The summed E-state index contributed by atoms with van der Waals surface area (Å²) in [4.78, 5) is 0. The van der Waals surface area contributed by atoms with Gasteiger partial charge in [0.15, 0.2) is 0 Å². The molecule has 1 atom stereocenters. The van der Waals surface area contributed by atoms with E-state index in [4.69, 9.17) is 0 Å². The van der Waals surface area contributed by atoms with E-state index in [9.17, 15) is 5.11 Å². The van der Waals surface area contributed by atoms with Crippen LogP contribution in [0.25, 0.3) is 0 Å². The molecular formula is C20H26O. The highest BCUT2D eigenvalue weighted by Crippen LogP contribution is 2.34. The summed E-state index contributed by atoms with van der Waals surface area (Å²) in [5.41, 5.74) is 6.38. The Morgan fingerprint density at radius 1 is 0.952 bits per heavy atom. The van der Waals surface area contributed by atoms with Gasteiger partial charge in [0.2, 0.25) is 0 Å². The lowest BCUT2D eigenvalue weighted by Gasteiger charge is -2.33. The van der Waals surface area contributed by atoms with Gasteiger partial charge in [0.25, 0.3) is 0 Å². The average Bonchev–Trinajstić information content (AvgIpc) is 2.48. The average molecular weight is 282 g/mol. The van der Waals surface area contributed by atoms with Crippen molar-refractivity contribution in [2.75, 3.05) is 6.61 Å². The molecule has 0 amide bonds. The summed E-state index contributed by atoms with van der Waals surface area (Å²) in [5.74, 6) is 0. The van der Waals surface area contributed by atoms with Crippen LogP contribution in [0.1, 0.15) is 41.2 Å². The van der Waals surface area contributed by atoms with Gasteiger partial charge in [-0.15, -0.1) is 0 Å². The van der Waals surface area contributed by atoms with Gasteiger partial charge in [0.1, 0.15) is 0 Å². The van der Waals surface area contributed by atoms with Crippen molar-refractivity contribution in [1.29, 1.82) is 0 Å². The molecule has 112 valence electrons. The van der Waals surface area contributed by atoms with Gasteiger partial charge in [-0.05, 0) is 55.9 Å². The van der Waals surface area contributed by atoms with Crippen molar-refractivity contribution < 1.29 is 5.11 Å². The van der Waals surface area contributed by atoms with Crippen LogP contribution >= 0.6 is 0 Å². The Labute approximate surface area is 128 Å². The molecule has 21 heavy (non-hydrogen) atoms. The third-order valence-electron chi connectivity index (χ3n) is 4.72. The second-order valence-electron chi connectivity index (χ2n) is 6.21. The second-order valence-corrected chi connectivity index (χ2v) is 6.21. The van der Waals surface area contributed by atoms with Gasteiger partial charge in [0.05, 0.1) is 6.61 Å². The Morgan fingerprint density at radius 2 is 1.52 bits per heavy atom. The van der Waals surface area contributed by atoms with Crippen LogP contribution in [0.4, 0.5) is 0 Å². The van der Waals surface area contributed by atoms with E-state index in [0.717, 1.165) is 12.8 Å². The van der Waals surface area contributed by atoms with Crippen LogP contribution in [0.2, 0.25) is 0 Å². The van der Waals surface area contributed by atoms with Crippen molar-refractivity contribution in [3.05, 3.63) is 70.3 Å². The predicted molar refractivity (Wildman–Crippen MR) is 89.9 cm³/mol. The van der Waals surface area contributed by atoms with E-state index < -0.39 is 0 Å². The van der Waals surface area contributed by atoms with Gasteiger partial charge in [0, 0.05) is 5.41 Å². The van der Waals surface area contributed by atoms with Gasteiger partial charge >= 0.3 is 0 Å². The van der Waals surface area contributed by atoms with Crippen LogP contribution in [-0.2, 0) is 11.8 Å². The molecule has 0 aromatic heterocycles. The maximum atomic E-state index is 10.1. The quantitative estimate of drug-likeness (QED) is 0.856. The highest BCUT2D eigenvalue weighted by molar-refractivity contribution is 5.40. The van der Waals surface area contributed by atoms with Crippen LogP contribution in [0, 0.1) is 20.8 Å². The Bertz CT molecular complexity index is 571. The van der Waals surface area contributed by atoms with Crippen molar-refractivity contribution in [3.63, 3.8) is 0 Å². The molecule has 2 rings (SSSR count). The standard InChI is InChI=1S/C20H26O/c1-5-20(14-21,18-9-7-6-8-10-18)13-19-16(3)11-15(2)12-17(19)4/h6-12,21H,5,13-14H2,1-4H3. The highest BCUT2D eigenvalue weighted by Gasteiger charge is 2.30. The molecule has 2 aromatic rings. The van der Waals surface area contributed by atoms with E-state index in [1.165, 1.54) is 27.8 Å². The Morgan fingerprint density at radius 3 is 2.00 bits per heavy atom. The lowest BCUT2D eigenvalue weighted by atomic mass is 9.72. The fourth-order valence-corrected chi connectivity index (χ4v) is 3.31. The van der Waals surface area contributed by atoms with Crippen molar-refractivity contribution in [2.45, 2.75) is 46.0 Å². The zero-order chi connectivity index (χ0) is 15.5. The predicted octanol–water partition coefficient (Wildman–Crippen LogP) is 4.49. The van der Waals surface area contributed by atoms with Gasteiger partial charge in [-0.25, -0.2) is 0 Å². The van der Waals surface area contributed by atoms with Gasteiger partial charge in [-0.2, -0.15) is 0 Å². The summed E-state index contributed by atoms with van der Waals surface area (Å²) in [5, 5.41) is 10.1. The molecule has 0 radical (unpaired) electrons. The van der Waals surface area contributed by atoms with Crippen LogP contribution in [0.15, 0.2) is 42.5 Å². The summed E-state index contributed by atoms with van der Waals surface area (Å²) in [7, 11) is 0. The van der Waals surface area contributed by atoms with E-state index in [0.29, 0.717) is 0 Å². The molecule has 0 aliphatic heterocycles. The topological polar surface area (TPSA) is 20.2 Å². The van der Waals surface area contributed by atoms with E-state index in [1.807, 2.05) is 6.07 Å². The van der Waals surface area contributed by atoms with Gasteiger partial charge in [-0.1, -0.05) is 55.0 Å². The van der Waals surface area contributed by atoms with Crippen molar-refractivity contribution in [3.8, 4) is 0 Å². The normalized spacial score (nSPS) is 14.0. The first-order chi connectivity index (χ1) is 10.0. The number of benzene rings is 2. The molecule has 1 nitrogen and oxygen atoms in total. The van der Waals surface area contributed by atoms with Gasteiger partial charge < -0.3 is 5.11 Å². The van der Waals surface area contributed by atoms with Crippen molar-refractivity contribution in [2.24, 2.45) is 0 Å². The molecule has 0 saturated heterocycles. The number of aryl methyl sites for hydroxylation is 3. The zero-order valence-electron chi connectivity index (χ0n) is 13.6. The molecule has 0 fully saturated rings. The molecule has 0 heterocycles. The van der Waals surface area contributed by atoms with Crippen LogP contribution < -0.4 is 0 Å². The van der Waals surface area contributed by atoms with E-state index in [-0.39, 0.29) is 12.0 Å². The largest absolute Gasteiger partial charge is 0.395 e. The minimum absolute atomic E-state index is 0.181. The molecular weight excluding hydrogens is 256 g/mol. The summed E-state index contributed by atoms with van der Waals surface area (Å²) < 4.78 is 0. The van der Waals surface area contributed by atoms with E-state index in [2.05, 4.69) is 64.1 Å². The summed E-state index contributed by atoms with van der Waals surface area (Å²) in [6, 6.07) is 14.9. The summed E-state index contributed by atoms with van der Waals surface area (Å²) in [6.07, 6.45) is 1.82. The van der Waals surface area contributed by atoms with Crippen LogP contribution in [-0.4, -0.2) is 11.7 Å². The van der Waals surface area contributed by atoms with Crippen LogP contribution in [0.5, 0.6) is 0 Å². The fraction of sp³-hybridized carbons (Fsp3) is 0.400. The SMILES string of the molecule is CCC(CO)(Cc1c(C)cc(C)cc1C)c1ccccc1. The summed E-state index contributed by atoms with van der Waals surface area (Å²) in [6.45, 7) is 8.85. The second kappa shape index (κ2) is 6.44. The summed E-state index contributed by atoms with van der Waals surface area (Å²) >= 11 is 0. The minimum atomic E-state index is -0.188. The monoisotopic (exact) mass is 282 g/mol. The fourth-order valence-electron chi connectivity index (χ4n) is 3.31. The zero-order valence-corrected chi connectivity index (χ0v) is 13.6. The molecule has 1 N–H and O–H groups in total. The number of aliphatic hydroxyl groups excluding tert-OH is 1. The smallest absolute Gasteiger partial charge is 0.0531 e. The maximum Gasteiger partial charge on any atom is 0.0531 e. The minimum Gasteiger partial charge on any atom is -0.395 e. The number of rotatable bonds is 5. The molecule has 0 aliphatic rings. The number of hydrogen-bond donors (Lipinski definition) is 1. The van der Waals surface area contributed by atoms with Crippen molar-refractivity contribution >= 4 is 0 Å². The lowest BCUT2D eigenvalue weighted by molar-refractivity contribution is 0.186. The Balaban J connectivity index is 2.47. The molecule has 0 saturated carbocycles. The Kier molecular flexibility index (Phi) is 4.84. The molecule has 0 aliphatic carbocycles. The van der Waals surface area contributed by atoms with Crippen molar-refractivity contribution in [1.82, 2.24) is 0 Å². The molecule has 1 unspecified atom stereocenters. The highest BCUT2D eigenvalue weighted by atomic mass is 16.3. The van der Waals surface area contributed by atoms with Gasteiger partial charge in [-0.3, -0.25) is 0 Å². The number of hydrogen-bond acceptors (Lipinski definition) is 1. The molecule has 0 spiro atoms. The maximum absolute atomic E-state index is 10.1. The van der Waals surface area contributed by atoms with E-state index in [1.54, 1.807) is 0 Å². The molecule has 0 bridgehead atoms.